The summed E-state index contributed by atoms with van der Waals surface area (Å²) < 4.78 is 27.4. The molecule has 0 amide bonds. The van der Waals surface area contributed by atoms with Crippen LogP contribution in [0.2, 0.25) is 0 Å². The van der Waals surface area contributed by atoms with Crippen molar-refractivity contribution in [2.24, 2.45) is 0 Å². The first kappa shape index (κ1) is 12.1. The SMILES string of the molecule is CCCNCC(F)(F)c1ccccc1C. The lowest BCUT2D eigenvalue weighted by Crippen LogP contribution is -2.31. The Morgan fingerprint density at radius 2 is 1.93 bits per heavy atom. The molecule has 1 aromatic rings. The van der Waals surface area contributed by atoms with Gasteiger partial charge in [0.2, 0.25) is 0 Å². The van der Waals surface area contributed by atoms with Crippen LogP contribution in [0.1, 0.15) is 24.5 Å². The molecule has 0 atom stereocenters. The van der Waals surface area contributed by atoms with E-state index in [1.54, 1.807) is 25.1 Å². The number of halogens is 2. The van der Waals surface area contributed by atoms with Gasteiger partial charge in [-0.25, -0.2) is 0 Å². The molecule has 0 aliphatic rings. The Morgan fingerprint density at radius 3 is 2.53 bits per heavy atom. The molecule has 0 bridgehead atoms. The van der Waals surface area contributed by atoms with E-state index in [0.717, 1.165) is 6.42 Å². The van der Waals surface area contributed by atoms with Gasteiger partial charge in [0.25, 0.3) is 5.92 Å². The first-order chi connectivity index (χ1) is 7.08. The van der Waals surface area contributed by atoms with Crippen molar-refractivity contribution < 1.29 is 8.78 Å². The summed E-state index contributed by atoms with van der Waals surface area (Å²) >= 11 is 0. The average Bonchev–Trinajstić information content (AvgIpc) is 2.18. The largest absolute Gasteiger partial charge is 0.311 e. The molecule has 1 nitrogen and oxygen atoms in total. The Bertz CT molecular complexity index is 310. The van der Waals surface area contributed by atoms with Crippen molar-refractivity contribution in [1.29, 1.82) is 0 Å². The molecule has 0 saturated carbocycles. The minimum Gasteiger partial charge on any atom is -0.311 e. The maximum atomic E-state index is 13.7. The topological polar surface area (TPSA) is 12.0 Å². The van der Waals surface area contributed by atoms with E-state index in [0.29, 0.717) is 12.1 Å². The fourth-order valence-electron chi connectivity index (χ4n) is 1.50. The first-order valence-electron chi connectivity index (χ1n) is 5.22. The van der Waals surface area contributed by atoms with E-state index in [1.165, 1.54) is 6.07 Å². The zero-order valence-corrected chi connectivity index (χ0v) is 9.19. The fraction of sp³-hybridized carbons (Fsp3) is 0.500. The molecule has 0 aliphatic heterocycles. The minimum atomic E-state index is -2.78. The van der Waals surface area contributed by atoms with Gasteiger partial charge in [-0.2, -0.15) is 8.78 Å². The van der Waals surface area contributed by atoms with E-state index < -0.39 is 5.92 Å². The molecule has 1 rings (SSSR count). The van der Waals surface area contributed by atoms with Crippen LogP contribution in [-0.2, 0) is 5.92 Å². The van der Waals surface area contributed by atoms with Gasteiger partial charge in [-0.15, -0.1) is 0 Å². The monoisotopic (exact) mass is 213 g/mol. The van der Waals surface area contributed by atoms with Crippen LogP contribution < -0.4 is 5.32 Å². The molecule has 84 valence electrons. The van der Waals surface area contributed by atoms with Crippen LogP contribution in [0.3, 0.4) is 0 Å². The molecule has 3 heteroatoms. The van der Waals surface area contributed by atoms with Crippen molar-refractivity contribution in [1.82, 2.24) is 5.32 Å². The number of benzene rings is 1. The molecule has 0 aliphatic carbocycles. The highest BCUT2D eigenvalue weighted by atomic mass is 19.3. The van der Waals surface area contributed by atoms with Gasteiger partial charge in [0.15, 0.2) is 0 Å². The molecule has 15 heavy (non-hydrogen) atoms. The van der Waals surface area contributed by atoms with E-state index in [1.807, 2.05) is 6.92 Å². The van der Waals surface area contributed by atoms with Gasteiger partial charge < -0.3 is 5.32 Å². The second-order valence-electron chi connectivity index (χ2n) is 3.70. The van der Waals surface area contributed by atoms with E-state index in [4.69, 9.17) is 0 Å². The summed E-state index contributed by atoms with van der Waals surface area (Å²) in [6.45, 7) is 4.01. The van der Waals surface area contributed by atoms with E-state index >= 15 is 0 Å². The predicted octanol–water partition coefficient (Wildman–Crippen LogP) is 3.09. The Balaban J connectivity index is 2.72. The highest BCUT2D eigenvalue weighted by Crippen LogP contribution is 2.29. The molecule has 0 aromatic heterocycles. The first-order valence-corrected chi connectivity index (χ1v) is 5.22. The lowest BCUT2D eigenvalue weighted by Gasteiger charge is -2.19. The number of aryl methyl sites for hydroxylation is 1. The summed E-state index contributed by atoms with van der Waals surface area (Å²) in [5.74, 6) is -2.78. The molecule has 0 saturated heterocycles. The summed E-state index contributed by atoms with van der Waals surface area (Å²) in [6, 6.07) is 6.62. The highest BCUT2D eigenvalue weighted by molar-refractivity contribution is 5.29. The molecule has 0 heterocycles. The van der Waals surface area contributed by atoms with Crippen LogP contribution in [0.5, 0.6) is 0 Å². The van der Waals surface area contributed by atoms with Gasteiger partial charge in [-0.05, 0) is 25.5 Å². The molecule has 0 fully saturated rings. The van der Waals surface area contributed by atoms with Gasteiger partial charge >= 0.3 is 0 Å². The number of nitrogens with one attached hydrogen (secondary N) is 1. The van der Waals surface area contributed by atoms with Gasteiger partial charge in [0.05, 0.1) is 6.54 Å². The minimum absolute atomic E-state index is 0.119. The van der Waals surface area contributed by atoms with Crippen molar-refractivity contribution >= 4 is 0 Å². The summed E-state index contributed by atoms with van der Waals surface area (Å²) in [7, 11) is 0. The number of alkyl halides is 2. The smallest absolute Gasteiger partial charge is 0.285 e. The lowest BCUT2D eigenvalue weighted by molar-refractivity contribution is -0.00350. The second-order valence-corrected chi connectivity index (χ2v) is 3.70. The van der Waals surface area contributed by atoms with Crippen LogP contribution >= 0.6 is 0 Å². The maximum Gasteiger partial charge on any atom is 0.285 e. The van der Waals surface area contributed by atoms with E-state index in [-0.39, 0.29) is 12.1 Å². The standard InChI is InChI=1S/C12H17F2N/c1-3-8-15-9-12(13,14)11-7-5-4-6-10(11)2/h4-7,15H,3,8-9H2,1-2H3. The highest BCUT2D eigenvalue weighted by Gasteiger charge is 2.31. The quantitative estimate of drug-likeness (QED) is 0.741. The van der Waals surface area contributed by atoms with Gasteiger partial charge in [0, 0.05) is 5.56 Å². The summed E-state index contributed by atoms with van der Waals surface area (Å²) in [4.78, 5) is 0. The van der Waals surface area contributed by atoms with Gasteiger partial charge in [-0.1, -0.05) is 31.2 Å². The third kappa shape index (κ3) is 3.27. The van der Waals surface area contributed by atoms with E-state index in [9.17, 15) is 8.78 Å². The van der Waals surface area contributed by atoms with Crippen molar-refractivity contribution in [2.75, 3.05) is 13.1 Å². The van der Waals surface area contributed by atoms with Crippen molar-refractivity contribution in [3.05, 3.63) is 35.4 Å². The van der Waals surface area contributed by atoms with E-state index in [2.05, 4.69) is 5.32 Å². The molecular formula is C12H17F2N. The Morgan fingerprint density at radius 1 is 1.27 bits per heavy atom. The molecule has 1 aromatic carbocycles. The zero-order valence-electron chi connectivity index (χ0n) is 9.19. The Hall–Kier alpha value is -0.960. The van der Waals surface area contributed by atoms with Crippen LogP contribution in [0.4, 0.5) is 8.78 Å². The Labute approximate surface area is 89.5 Å². The van der Waals surface area contributed by atoms with Gasteiger partial charge in [0.1, 0.15) is 0 Å². The number of hydrogen-bond donors (Lipinski definition) is 1. The molecule has 0 unspecified atom stereocenters. The summed E-state index contributed by atoms with van der Waals surface area (Å²) in [5.41, 5.74) is 0.759. The summed E-state index contributed by atoms with van der Waals surface area (Å²) in [5, 5.41) is 2.75. The lowest BCUT2D eigenvalue weighted by atomic mass is 10.0. The summed E-state index contributed by atoms with van der Waals surface area (Å²) in [6.07, 6.45) is 0.865. The molecular weight excluding hydrogens is 196 g/mol. The van der Waals surface area contributed by atoms with Crippen molar-refractivity contribution in [3.63, 3.8) is 0 Å². The zero-order chi connectivity index (χ0) is 11.3. The fourth-order valence-corrected chi connectivity index (χ4v) is 1.50. The normalized spacial score (nSPS) is 11.7. The number of rotatable bonds is 5. The van der Waals surface area contributed by atoms with Crippen molar-refractivity contribution in [3.8, 4) is 0 Å². The third-order valence-electron chi connectivity index (χ3n) is 2.31. The Kier molecular flexibility index (Phi) is 4.21. The van der Waals surface area contributed by atoms with Crippen LogP contribution in [0, 0.1) is 6.92 Å². The maximum absolute atomic E-state index is 13.7. The average molecular weight is 213 g/mol. The molecule has 0 spiro atoms. The van der Waals surface area contributed by atoms with Crippen LogP contribution in [0.25, 0.3) is 0 Å². The number of hydrogen-bond acceptors (Lipinski definition) is 1. The van der Waals surface area contributed by atoms with Crippen LogP contribution in [-0.4, -0.2) is 13.1 Å². The third-order valence-corrected chi connectivity index (χ3v) is 2.31. The van der Waals surface area contributed by atoms with Crippen molar-refractivity contribution in [2.45, 2.75) is 26.2 Å². The second kappa shape index (κ2) is 5.21. The molecule has 0 radical (unpaired) electrons. The predicted molar refractivity (Wildman–Crippen MR) is 58.2 cm³/mol. The van der Waals surface area contributed by atoms with Gasteiger partial charge in [-0.3, -0.25) is 0 Å². The van der Waals surface area contributed by atoms with Crippen LogP contribution in [0.15, 0.2) is 24.3 Å². The molecule has 1 N–H and O–H groups in total.